The summed E-state index contributed by atoms with van der Waals surface area (Å²) in [6.45, 7) is 1.11. The van der Waals surface area contributed by atoms with Gasteiger partial charge in [-0.1, -0.05) is 24.3 Å². The van der Waals surface area contributed by atoms with Crippen LogP contribution in [0.2, 0.25) is 0 Å². The van der Waals surface area contributed by atoms with E-state index >= 15 is 0 Å². The first kappa shape index (κ1) is 19.6. The minimum atomic E-state index is -0.969. The lowest BCUT2D eigenvalue weighted by Crippen LogP contribution is -2.26. The third-order valence-corrected chi connectivity index (χ3v) is 4.03. The van der Waals surface area contributed by atoms with Crippen LogP contribution in [0.25, 0.3) is 0 Å². The third-order valence-electron chi connectivity index (χ3n) is 4.03. The first-order chi connectivity index (χ1) is 12.5. The molecule has 0 radical (unpaired) electrons. The van der Waals surface area contributed by atoms with Gasteiger partial charge in [0, 0.05) is 26.1 Å². The molecule has 0 bridgehead atoms. The Morgan fingerprint density at radius 1 is 1.04 bits per heavy atom. The molecule has 0 atom stereocenters. The molecule has 0 aliphatic carbocycles. The molecule has 0 aliphatic heterocycles. The van der Waals surface area contributed by atoms with Crippen LogP contribution in [-0.4, -0.2) is 47.1 Å². The van der Waals surface area contributed by atoms with E-state index in [2.05, 4.69) is 4.90 Å². The fourth-order valence-electron chi connectivity index (χ4n) is 2.63. The number of hydrogen-bond acceptors (Lipinski definition) is 5. The molecule has 0 saturated heterocycles. The van der Waals surface area contributed by atoms with Crippen LogP contribution in [0, 0.1) is 0 Å². The van der Waals surface area contributed by atoms with Crippen molar-refractivity contribution in [2.75, 3.05) is 20.3 Å². The molecule has 6 heteroatoms. The number of methoxy groups -OCH3 is 1. The number of hydrogen-bond donors (Lipinski definition) is 2. The van der Waals surface area contributed by atoms with E-state index in [9.17, 15) is 9.59 Å². The number of ketones is 1. The van der Waals surface area contributed by atoms with Crippen LogP contribution in [0.1, 0.15) is 27.9 Å². The Kier molecular flexibility index (Phi) is 7.32. The Bertz CT molecular complexity index is 742. The highest BCUT2D eigenvalue weighted by molar-refractivity contribution is 5.87. The first-order valence-electron chi connectivity index (χ1n) is 8.32. The molecular weight excluding hydrogens is 334 g/mol. The zero-order chi connectivity index (χ0) is 18.9. The fourth-order valence-corrected chi connectivity index (χ4v) is 2.63. The summed E-state index contributed by atoms with van der Waals surface area (Å²) in [6, 6.07) is 14.4. The van der Waals surface area contributed by atoms with Crippen molar-refractivity contribution in [1.82, 2.24) is 4.90 Å². The van der Waals surface area contributed by atoms with Gasteiger partial charge in [-0.2, -0.15) is 0 Å². The molecule has 0 aliphatic rings. The van der Waals surface area contributed by atoms with E-state index in [4.69, 9.17) is 14.9 Å². The molecule has 138 valence electrons. The lowest BCUT2D eigenvalue weighted by atomic mass is 10.1. The number of nitrogens with zero attached hydrogens (tertiary/aromatic N) is 1. The van der Waals surface area contributed by atoms with Gasteiger partial charge in [0.05, 0.1) is 12.7 Å². The van der Waals surface area contributed by atoms with Gasteiger partial charge in [0.15, 0.2) is 5.78 Å². The molecular formula is C20H23NO5. The molecule has 0 unspecified atom stereocenters. The maximum Gasteiger partial charge on any atom is 0.335 e. The van der Waals surface area contributed by atoms with Crippen molar-refractivity contribution in [3.63, 3.8) is 0 Å². The minimum absolute atomic E-state index is 0.219. The summed E-state index contributed by atoms with van der Waals surface area (Å²) in [7, 11) is 1.61. The highest BCUT2D eigenvalue weighted by atomic mass is 16.5. The number of benzene rings is 2. The highest BCUT2D eigenvalue weighted by Gasteiger charge is 2.11. The van der Waals surface area contributed by atoms with E-state index in [-0.39, 0.29) is 17.8 Å². The number of carboxylic acid groups (broad SMARTS) is 1. The topological polar surface area (TPSA) is 87.1 Å². The van der Waals surface area contributed by atoms with Gasteiger partial charge in [0.1, 0.15) is 12.4 Å². The molecule has 0 amide bonds. The highest BCUT2D eigenvalue weighted by Crippen LogP contribution is 2.16. The molecule has 26 heavy (non-hydrogen) atoms. The van der Waals surface area contributed by atoms with Crippen molar-refractivity contribution in [3.8, 4) is 5.75 Å². The second-order valence-electron chi connectivity index (χ2n) is 6.01. The van der Waals surface area contributed by atoms with Crippen molar-refractivity contribution in [3.05, 3.63) is 65.2 Å². The lowest BCUT2D eigenvalue weighted by molar-refractivity contribution is -0.122. The number of rotatable bonds is 10. The van der Waals surface area contributed by atoms with Gasteiger partial charge >= 0.3 is 5.97 Å². The second kappa shape index (κ2) is 9.70. The Morgan fingerprint density at radius 2 is 1.73 bits per heavy atom. The fraction of sp³-hybridized carbons (Fsp3) is 0.300. The Labute approximate surface area is 152 Å². The van der Waals surface area contributed by atoms with Gasteiger partial charge < -0.3 is 14.9 Å². The van der Waals surface area contributed by atoms with Crippen LogP contribution in [0.4, 0.5) is 0 Å². The maximum atomic E-state index is 11.5. The molecule has 0 saturated carbocycles. The summed E-state index contributed by atoms with van der Waals surface area (Å²) in [6.07, 6.45) is 0.241. The van der Waals surface area contributed by atoms with E-state index in [0.29, 0.717) is 19.6 Å². The normalized spacial score (nSPS) is 10.7. The van der Waals surface area contributed by atoms with Crippen molar-refractivity contribution < 1.29 is 24.5 Å². The molecule has 0 heterocycles. The van der Waals surface area contributed by atoms with Crippen LogP contribution < -0.4 is 4.74 Å². The number of ether oxygens (including phenoxy) is 1. The van der Waals surface area contributed by atoms with E-state index in [1.54, 1.807) is 25.3 Å². The van der Waals surface area contributed by atoms with Gasteiger partial charge in [-0.3, -0.25) is 9.69 Å². The van der Waals surface area contributed by atoms with Crippen LogP contribution in [0.5, 0.6) is 5.75 Å². The number of aliphatic hydroxyl groups is 1. The number of aliphatic hydroxyl groups excluding tert-OH is 1. The van der Waals surface area contributed by atoms with Crippen LogP contribution in [0.3, 0.4) is 0 Å². The molecule has 6 nitrogen and oxygen atoms in total. The van der Waals surface area contributed by atoms with Crippen molar-refractivity contribution in [2.24, 2.45) is 0 Å². The smallest absolute Gasteiger partial charge is 0.335 e. The SMILES string of the molecule is COc1ccc(CN(CCC(=O)CO)Cc2cccc(C(=O)O)c2)cc1. The summed E-state index contributed by atoms with van der Waals surface area (Å²) in [5, 5.41) is 18.1. The summed E-state index contributed by atoms with van der Waals surface area (Å²) in [5.41, 5.74) is 2.14. The summed E-state index contributed by atoms with van der Waals surface area (Å²) >= 11 is 0. The van der Waals surface area contributed by atoms with E-state index in [0.717, 1.165) is 16.9 Å². The molecule has 0 aromatic heterocycles. The average Bonchev–Trinajstić information content (AvgIpc) is 2.66. The third kappa shape index (κ3) is 5.98. The number of carbonyl (C=O) groups is 2. The van der Waals surface area contributed by atoms with Gasteiger partial charge in [-0.15, -0.1) is 0 Å². The standard InChI is InChI=1S/C20H23NO5/c1-26-19-7-5-15(6-8-19)12-21(10-9-18(23)14-22)13-16-3-2-4-17(11-16)20(24)25/h2-8,11,22H,9-10,12-14H2,1H3,(H,24,25). The molecule has 0 spiro atoms. The zero-order valence-electron chi connectivity index (χ0n) is 14.7. The van der Waals surface area contributed by atoms with Crippen molar-refractivity contribution >= 4 is 11.8 Å². The Morgan fingerprint density at radius 3 is 2.35 bits per heavy atom. The Balaban J connectivity index is 2.12. The summed E-state index contributed by atoms with van der Waals surface area (Å²) < 4.78 is 5.16. The van der Waals surface area contributed by atoms with Gasteiger partial charge in [-0.05, 0) is 35.4 Å². The van der Waals surface area contributed by atoms with E-state index in [1.807, 2.05) is 30.3 Å². The quantitative estimate of drug-likeness (QED) is 0.679. The van der Waals surface area contributed by atoms with Gasteiger partial charge in [0.25, 0.3) is 0 Å². The number of Topliss-reactive ketones (excluding diaryl/α,β-unsaturated/α-hetero) is 1. The predicted octanol–water partition coefficient (Wildman–Crippen LogP) is 2.35. The minimum Gasteiger partial charge on any atom is -0.497 e. The average molecular weight is 357 g/mol. The first-order valence-corrected chi connectivity index (χ1v) is 8.32. The number of carboxylic acids is 1. The lowest BCUT2D eigenvalue weighted by Gasteiger charge is -2.22. The molecule has 2 aromatic rings. The van der Waals surface area contributed by atoms with E-state index < -0.39 is 12.6 Å². The molecule has 2 rings (SSSR count). The Hall–Kier alpha value is -2.70. The zero-order valence-corrected chi connectivity index (χ0v) is 14.7. The van der Waals surface area contributed by atoms with Crippen LogP contribution in [0.15, 0.2) is 48.5 Å². The van der Waals surface area contributed by atoms with Crippen molar-refractivity contribution in [2.45, 2.75) is 19.5 Å². The predicted molar refractivity (Wildman–Crippen MR) is 97.2 cm³/mol. The molecule has 2 aromatic carbocycles. The summed E-state index contributed by atoms with van der Waals surface area (Å²) in [4.78, 5) is 24.7. The molecule has 0 fully saturated rings. The molecule has 2 N–H and O–H groups in total. The van der Waals surface area contributed by atoms with Crippen LogP contribution in [-0.2, 0) is 17.9 Å². The summed E-state index contributed by atoms with van der Waals surface area (Å²) in [5.74, 6) is -0.419. The maximum absolute atomic E-state index is 11.5. The second-order valence-corrected chi connectivity index (χ2v) is 6.01. The van der Waals surface area contributed by atoms with Crippen LogP contribution >= 0.6 is 0 Å². The number of aromatic carboxylic acids is 1. The largest absolute Gasteiger partial charge is 0.497 e. The monoisotopic (exact) mass is 357 g/mol. The van der Waals surface area contributed by atoms with Gasteiger partial charge in [0.2, 0.25) is 0 Å². The van der Waals surface area contributed by atoms with E-state index in [1.165, 1.54) is 0 Å². The number of carbonyl (C=O) groups excluding carboxylic acids is 1. The van der Waals surface area contributed by atoms with Crippen molar-refractivity contribution in [1.29, 1.82) is 0 Å². The van der Waals surface area contributed by atoms with Gasteiger partial charge in [-0.25, -0.2) is 4.79 Å².